The van der Waals surface area contributed by atoms with Crippen molar-refractivity contribution in [3.63, 3.8) is 0 Å². The van der Waals surface area contributed by atoms with E-state index in [0.717, 1.165) is 22.4 Å². The zero-order chi connectivity index (χ0) is 23.8. The van der Waals surface area contributed by atoms with Gasteiger partial charge in [-0.15, -0.1) is 0 Å². The first kappa shape index (κ1) is 22.7. The highest BCUT2D eigenvalue weighted by Crippen LogP contribution is 2.34. The quantitative estimate of drug-likeness (QED) is 0.259. The summed E-state index contributed by atoms with van der Waals surface area (Å²) in [6, 6.07) is 27.2. The van der Waals surface area contributed by atoms with Gasteiger partial charge in [0.15, 0.2) is 0 Å². The maximum absolute atomic E-state index is 12.2. The molecule has 4 aromatic rings. The van der Waals surface area contributed by atoms with Gasteiger partial charge in [-0.05, 0) is 28.8 Å². The number of benzene rings is 3. The van der Waals surface area contributed by atoms with E-state index in [-0.39, 0.29) is 17.3 Å². The molecule has 172 valence electrons. The zero-order valence-corrected chi connectivity index (χ0v) is 18.8. The predicted molar refractivity (Wildman–Crippen MR) is 132 cm³/mol. The van der Waals surface area contributed by atoms with Crippen LogP contribution in [0.2, 0.25) is 0 Å². The van der Waals surface area contributed by atoms with Crippen molar-refractivity contribution in [1.82, 2.24) is 9.97 Å². The maximum Gasteiger partial charge on any atom is 0.353 e. The van der Waals surface area contributed by atoms with Gasteiger partial charge in [0.2, 0.25) is 11.6 Å². The summed E-state index contributed by atoms with van der Waals surface area (Å²) in [5.74, 6) is 1.19. The number of ether oxygens (including phenoxy) is 1. The van der Waals surface area contributed by atoms with E-state index < -0.39 is 4.92 Å². The van der Waals surface area contributed by atoms with E-state index in [2.05, 4.69) is 15.3 Å². The Morgan fingerprint density at radius 3 is 1.97 bits per heavy atom. The van der Waals surface area contributed by atoms with Crippen LogP contribution in [0.15, 0.2) is 91.3 Å². The Kier molecular flexibility index (Phi) is 7.29. The van der Waals surface area contributed by atoms with Crippen molar-refractivity contribution in [3.05, 3.63) is 118 Å². The predicted octanol–water partition coefficient (Wildman–Crippen LogP) is 5.21. The van der Waals surface area contributed by atoms with E-state index >= 15 is 0 Å². The molecule has 1 aromatic heterocycles. The molecule has 0 aliphatic heterocycles. The van der Waals surface area contributed by atoms with Crippen molar-refractivity contribution in [2.24, 2.45) is 0 Å². The number of aromatic nitrogens is 2. The van der Waals surface area contributed by atoms with Gasteiger partial charge in [-0.25, -0.2) is 9.97 Å². The first-order chi connectivity index (χ1) is 16.6. The normalized spacial score (nSPS) is 10.5. The maximum atomic E-state index is 12.2. The fourth-order valence-electron chi connectivity index (χ4n) is 3.64. The van der Waals surface area contributed by atoms with Crippen LogP contribution in [-0.2, 0) is 19.6 Å². The summed E-state index contributed by atoms with van der Waals surface area (Å²) < 4.78 is 5.19. The Balaban J connectivity index is 1.66. The molecular weight excluding hydrogens is 430 g/mol. The van der Waals surface area contributed by atoms with Crippen LogP contribution in [-0.4, -0.2) is 22.0 Å². The van der Waals surface area contributed by atoms with Crippen LogP contribution in [0.3, 0.4) is 0 Å². The molecule has 0 aliphatic carbocycles. The lowest BCUT2D eigenvalue weighted by molar-refractivity contribution is -0.383. The molecule has 0 radical (unpaired) electrons. The van der Waals surface area contributed by atoms with E-state index in [0.29, 0.717) is 19.6 Å². The van der Waals surface area contributed by atoms with Crippen LogP contribution in [0.25, 0.3) is 0 Å². The molecule has 3 aromatic carbocycles. The summed E-state index contributed by atoms with van der Waals surface area (Å²) in [4.78, 5) is 22.2. The van der Waals surface area contributed by atoms with E-state index in [1.807, 2.05) is 89.8 Å². The van der Waals surface area contributed by atoms with Crippen LogP contribution in [0.5, 0.6) is 5.75 Å². The van der Waals surface area contributed by atoms with Gasteiger partial charge >= 0.3 is 5.69 Å². The first-order valence-electron chi connectivity index (χ1n) is 10.8. The largest absolute Gasteiger partial charge is 0.497 e. The van der Waals surface area contributed by atoms with Gasteiger partial charge in [-0.3, -0.25) is 10.1 Å². The fourth-order valence-corrected chi connectivity index (χ4v) is 3.64. The molecule has 0 unspecified atom stereocenters. The topological polar surface area (TPSA) is 93.4 Å². The molecule has 0 saturated heterocycles. The number of hydrogen-bond donors (Lipinski definition) is 1. The second-order valence-corrected chi connectivity index (χ2v) is 7.68. The molecule has 34 heavy (non-hydrogen) atoms. The first-order valence-corrected chi connectivity index (χ1v) is 10.8. The summed E-state index contributed by atoms with van der Waals surface area (Å²) in [6.45, 7) is 1.30. The fraction of sp³-hybridized carbons (Fsp3) is 0.154. The van der Waals surface area contributed by atoms with Crippen LogP contribution in [0.4, 0.5) is 17.3 Å². The molecule has 0 spiro atoms. The second-order valence-electron chi connectivity index (χ2n) is 7.68. The van der Waals surface area contributed by atoms with Gasteiger partial charge in [0.25, 0.3) is 0 Å². The molecule has 0 saturated carbocycles. The van der Waals surface area contributed by atoms with Gasteiger partial charge < -0.3 is 15.0 Å². The van der Waals surface area contributed by atoms with Crippen LogP contribution in [0, 0.1) is 10.1 Å². The molecular formula is C26H25N5O3. The van der Waals surface area contributed by atoms with E-state index in [9.17, 15) is 10.1 Å². The summed E-state index contributed by atoms with van der Waals surface area (Å²) >= 11 is 0. The van der Waals surface area contributed by atoms with E-state index in [1.54, 1.807) is 7.11 Å². The lowest BCUT2D eigenvalue weighted by Crippen LogP contribution is -2.25. The summed E-state index contributed by atoms with van der Waals surface area (Å²) in [5, 5.41) is 15.3. The molecule has 0 fully saturated rings. The van der Waals surface area contributed by atoms with Gasteiger partial charge in [-0.2, -0.15) is 0 Å². The lowest BCUT2D eigenvalue weighted by Gasteiger charge is -2.24. The molecule has 0 atom stereocenters. The minimum absolute atomic E-state index is 0.150. The van der Waals surface area contributed by atoms with E-state index in [1.165, 1.54) is 6.33 Å². The third-order valence-electron chi connectivity index (χ3n) is 5.34. The summed E-state index contributed by atoms with van der Waals surface area (Å²) in [7, 11) is 1.61. The van der Waals surface area contributed by atoms with Crippen molar-refractivity contribution in [2.75, 3.05) is 17.3 Å². The molecule has 1 N–H and O–H groups in total. The van der Waals surface area contributed by atoms with Crippen molar-refractivity contribution in [2.45, 2.75) is 19.6 Å². The highest BCUT2D eigenvalue weighted by Gasteiger charge is 2.27. The lowest BCUT2D eigenvalue weighted by atomic mass is 10.1. The molecule has 0 amide bonds. The van der Waals surface area contributed by atoms with Gasteiger partial charge in [0.1, 0.15) is 12.1 Å². The smallest absolute Gasteiger partial charge is 0.353 e. The number of rotatable bonds is 10. The summed E-state index contributed by atoms with van der Waals surface area (Å²) in [6.07, 6.45) is 1.36. The van der Waals surface area contributed by atoms with Gasteiger partial charge in [0.05, 0.1) is 12.0 Å². The van der Waals surface area contributed by atoms with Gasteiger partial charge in [0, 0.05) is 19.6 Å². The SMILES string of the molecule is COc1ccc(CNc2ncnc(N(Cc3ccccc3)Cc3ccccc3)c2[N+](=O)[O-])cc1. The molecule has 1 heterocycles. The molecule has 0 aliphatic rings. The highest BCUT2D eigenvalue weighted by atomic mass is 16.6. The average Bonchev–Trinajstić information content (AvgIpc) is 2.88. The van der Waals surface area contributed by atoms with Crippen molar-refractivity contribution in [3.8, 4) is 5.75 Å². The monoisotopic (exact) mass is 455 g/mol. The number of anilines is 2. The minimum Gasteiger partial charge on any atom is -0.497 e. The van der Waals surface area contributed by atoms with Crippen molar-refractivity contribution in [1.29, 1.82) is 0 Å². The zero-order valence-electron chi connectivity index (χ0n) is 18.8. The van der Waals surface area contributed by atoms with Crippen molar-refractivity contribution >= 4 is 17.3 Å². The minimum atomic E-state index is -0.422. The Bertz CT molecular complexity index is 1180. The molecule has 4 rings (SSSR count). The second kappa shape index (κ2) is 10.9. The Labute approximate surface area is 198 Å². The summed E-state index contributed by atoms with van der Waals surface area (Å²) in [5.41, 5.74) is 2.85. The van der Waals surface area contributed by atoms with Gasteiger partial charge in [-0.1, -0.05) is 72.8 Å². The highest BCUT2D eigenvalue weighted by molar-refractivity contribution is 5.70. The Morgan fingerprint density at radius 1 is 0.853 bits per heavy atom. The average molecular weight is 456 g/mol. The third-order valence-corrected chi connectivity index (χ3v) is 5.34. The Hall–Kier alpha value is -4.46. The van der Waals surface area contributed by atoms with E-state index in [4.69, 9.17) is 4.74 Å². The molecule has 8 nitrogen and oxygen atoms in total. The molecule has 8 heteroatoms. The third kappa shape index (κ3) is 5.66. The number of nitro groups is 1. The number of hydrogen-bond acceptors (Lipinski definition) is 7. The number of nitrogens with zero attached hydrogens (tertiary/aromatic N) is 4. The van der Waals surface area contributed by atoms with Crippen LogP contribution >= 0.6 is 0 Å². The van der Waals surface area contributed by atoms with Crippen LogP contribution < -0.4 is 15.0 Å². The molecule has 0 bridgehead atoms. The standard InChI is InChI=1S/C26H25N5O3/c1-34-23-14-12-20(13-15-23)16-27-25-24(31(32)33)26(29-19-28-25)30(17-21-8-4-2-5-9-21)18-22-10-6-3-7-11-22/h2-15,19H,16-18H2,1H3,(H,27,28,29). The number of methoxy groups -OCH3 is 1. The van der Waals surface area contributed by atoms with Crippen LogP contribution in [0.1, 0.15) is 16.7 Å². The van der Waals surface area contributed by atoms with Crippen molar-refractivity contribution < 1.29 is 9.66 Å². The number of nitrogens with one attached hydrogen (secondary N) is 1. The Morgan fingerprint density at radius 2 is 1.44 bits per heavy atom.